The molecule has 1 saturated carbocycles. The van der Waals surface area contributed by atoms with Crippen LogP contribution >= 0.6 is 0 Å². The monoisotopic (exact) mass is 300 g/mol. The van der Waals surface area contributed by atoms with E-state index >= 15 is 0 Å². The van der Waals surface area contributed by atoms with Gasteiger partial charge in [-0.15, -0.1) is 0 Å². The van der Waals surface area contributed by atoms with Crippen LogP contribution in [-0.2, 0) is 0 Å². The third-order valence-corrected chi connectivity index (χ3v) is 6.05. The van der Waals surface area contributed by atoms with Gasteiger partial charge in [-0.3, -0.25) is 0 Å². The molecule has 0 amide bonds. The summed E-state index contributed by atoms with van der Waals surface area (Å²) in [4.78, 5) is 25.3. The zero-order valence-corrected chi connectivity index (χ0v) is 13.0. The predicted octanol–water partition coefficient (Wildman–Crippen LogP) is 3.32. The Bertz CT molecular complexity index is 602. The molecule has 116 valence electrons. The largest absolute Gasteiger partial charge is 0.291 e. The van der Waals surface area contributed by atoms with E-state index < -0.39 is 0 Å². The minimum atomic E-state index is -0.270. The van der Waals surface area contributed by atoms with Crippen LogP contribution in [0.1, 0.15) is 38.5 Å². The summed E-state index contributed by atoms with van der Waals surface area (Å²) in [7, 11) is 0. The maximum Gasteiger partial charge on any atom is 0.291 e. The summed E-state index contributed by atoms with van der Waals surface area (Å²) in [6.45, 7) is 1.02. The third-order valence-electron chi connectivity index (χ3n) is 6.05. The molecule has 2 fully saturated rings. The van der Waals surface area contributed by atoms with Crippen LogP contribution < -0.4 is 0 Å². The highest BCUT2D eigenvalue weighted by atomic mass is 16.3. The van der Waals surface area contributed by atoms with Crippen molar-refractivity contribution in [2.45, 2.75) is 50.6 Å². The molecule has 4 rings (SSSR count). The van der Waals surface area contributed by atoms with Crippen molar-refractivity contribution >= 4 is 0 Å². The molecule has 0 bridgehead atoms. The number of nitroso groups, excluding NO2 is 2. The average Bonchev–Trinajstić information content (AvgIpc) is 2.56. The molecule has 4 nitrogen and oxygen atoms in total. The minimum absolute atomic E-state index is 0.155. The number of piperidine rings is 1. The van der Waals surface area contributed by atoms with Gasteiger partial charge in [0.15, 0.2) is 6.54 Å². The van der Waals surface area contributed by atoms with Gasteiger partial charge in [0.2, 0.25) is 6.54 Å². The Labute approximate surface area is 131 Å². The number of hydrogen-bond acceptors (Lipinski definition) is 2. The van der Waals surface area contributed by atoms with Gasteiger partial charge in [-0.25, -0.2) is 0 Å². The van der Waals surface area contributed by atoms with Gasteiger partial charge in [0.1, 0.15) is 0 Å². The van der Waals surface area contributed by atoms with E-state index in [-0.39, 0.29) is 12.1 Å². The first-order valence-corrected chi connectivity index (χ1v) is 8.69. The van der Waals surface area contributed by atoms with Gasteiger partial charge in [-0.2, -0.15) is 0 Å². The molecule has 1 saturated heterocycles. The zero-order chi connectivity index (χ0) is 15.1. The lowest BCUT2D eigenvalue weighted by atomic mass is 9.68. The van der Waals surface area contributed by atoms with E-state index in [4.69, 9.17) is 0 Å². The second-order valence-corrected chi connectivity index (χ2v) is 7.16. The summed E-state index contributed by atoms with van der Waals surface area (Å²) in [6.07, 6.45) is 15.0. The summed E-state index contributed by atoms with van der Waals surface area (Å²) in [5, 5.41) is 0. The summed E-state index contributed by atoms with van der Waals surface area (Å²) in [5.41, 5.74) is 2.35. The molecule has 0 aromatic carbocycles. The van der Waals surface area contributed by atoms with Gasteiger partial charge in [0.25, 0.3) is 12.1 Å². The zero-order valence-electron chi connectivity index (χ0n) is 13.0. The standard InChI is InChI=1S/C18H24N2O2/c21-19-11-9-13-5-1-3-7-15(13)17(19)18-16-8-4-2-6-14(16)10-12-20(18)22/h1,3,7,9,14,16-18H,2,4-6,8,10-12H2/q+2. The second kappa shape index (κ2) is 5.56. The van der Waals surface area contributed by atoms with Crippen LogP contribution in [0.3, 0.4) is 0 Å². The highest BCUT2D eigenvalue weighted by molar-refractivity contribution is 5.43. The Morgan fingerprint density at radius 2 is 1.91 bits per heavy atom. The van der Waals surface area contributed by atoms with Crippen molar-refractivity contribution < 1.29 is 9.52 Å². The lowest BCUT2D eigenvalue weighted by Gasteiger charge is -2.37. The van der Waals surface area contributed by atoms with Crippen molar-refractivity contribution in [2.75, 3.05) is 13.1 Å². The van der Waals surface area contributed by atoms with Gasteiger partial charge in [-0.05, 0) is 36.8 Å². The molecule has 2 aliphatic carbocycles. The first-order valence-electron chi connectivity index (χ1n) is 8.69. The van der Waals surface area contributed by atoms with Crippen LogP contribution in [0.5, 0.6) is 0 Å². The van der Waals surface area contributed by atoms with E-state index in [0.717, 1.165) is 29.6 Å². The summed E-state index contributed by atoms with van der Waals surface area (Å²) in [5.74, 6) is 1.04. The van der Waals surface area contributed by atoms with E-state index in [9.17, 15) is 9.81 Å². The maximum absolute atomic E-state index is 12.7. The smallest absolute Gasteiger partial charge is 0.0801 e. The Hall–Kier alpha value is -1.58. The number of hydrogen-bond donors (Lipinski definition) is 0. The molecular weight excluding hydrogens is 276 g/mol. The molecule has 0 aromatic rings. The summed E-state index contributed by atoms with van der Waals surface area (Å²) < 4.78 is 2.39. The second-order valence-electron chi connectivity index (χ2n) is 7.16. The van der Waals surface area contributed by atoms with Crippen LogP contribution in [0.2, 0.25) is 0 Å². The Morgan fingerprint density at radius 3 is 2.82 bits per heavy atom. The fourth-order valence-electron chi connectivity index (χ4n) is 5.00. The Kier molecular flexibility index (Phi) is 3.55. The molecule has 22 heavy (non-hydrogen) atoms. The number of nitrogens with zero attached hydrogens (tertiary/aromatic N) is 2. The van der Waals surface area contributed by atoms with E-state index in [1.165, 1.54) is 29.6 Å². The van der Waals surface area contributed by atoms with Gasteiger partial charge in [0, 0.05) is 37.2 Å². The molecule has 0 spiro atoms. The lowest BCUT2D eigenvalue weighted by Crippen LogP contribution is -2.55. The van der Waals surface area contributed by atoms with E-state index in [0.29, 0.717) is 24.9 Å². The topological polar surface area (TPSA) is 40.2 Å². The van der Waals surface area contributed by atoms with Crippen molar-refractivity contribution in [3.63, 3.8) is 0 Å². The molecule has 4 aliphatic rings. The third kappa shape index (κ3) is 2.20. The molecule has 0 aromatic heterocycles. The minimum Gasteiger partial charge on any atom is -0.0801 e. The molecule has 2 aliphatic heterocycles. The Balaban J connectivity index is 1.72. The van der Waals surface area contributed by atoms with Crippen LogP contribution in [0.15, 0.2) is 35.5 Å². The molecule has 4 unspecified atom stereocenters. The fourth-order valence-corrected chi connectivity index (χ4v) is 5.00. The van der Waals surface area contributed by atoms with Crippen molar-refractivity contribution in [3.05, 3.63) is 45.3 Å². The SMILES string of the molecule is O=[N+]1CC=C2CC=CC=C2C1C1C2CCCCC2CC[N+]1=O. The van der Waals surface area contributed by atoms with Crippen molar-refractivity contribution in [1.29, 1.82) is 0 Å². The Morgan fingerprint density at radius 1 is 1.05 bits per heavy atom. The van der Waals surface area contributed by atoms with Crippen molar-refractivity contribution in [3.8, 4) is 0 Å². The quantitative estimate of drug-likeness (QED) is 0.697. The van der Waals surface area contributed by atoms with Crippen molar-refractivity contribution in [1.82, 2.24) is 0 Å². The van der Waals surface area contributed by atoms with Gasteiger partial charge in [-0.1, -0.05) is 31.1 Å². The normalized spacial score (nSPS) is 38.0. The molecule has 4 heteroatoms. The van der Waals surface area contributed by atoms with Crippen LogP contribution in [0, 0.1) is 21.6 Å². The lowest BCUT2D eigenvalue weighted by molar-refractivity contribution is -0.679. The summed E-state index contributed by atoms with van der Waals surface area (Å²) in [6, 6.07) is -0.425. The van der Waals surface area contributed by atoms with Crippen LogP contribution in [-0.4, -0.2) is 34.7 Å². The number of fused-ring (bicyclic) bond motifs is 2. The van der Waals surface area contributed by atoms with Gasteiger partial charge < -0.3 is 0 Å². The predicted molar refractivity (Wildman–Crippen MR) is 84.6 cm³/mol. The molecule has 4 atom stereocenters. The highest BCUT2D eigenvalue weighted by Crippen LogP contribution is 2.43. The average molecular weight is 300 g/mol. The molecule has 2 heterocycles. The van der Waals surface area contributed by atoms with Crippen LogP contribution in [0.25, 0.3) is 0 Å². The van der Waals surface area contributed by atoms with Crippen molar-refractivity contribution in [2.24, 2.45) is 11.8 Å². The summed E-state index contributed by atoms with van der Waals surface area (Å²) >= 11 is 0. The highest BCUT2D eigenvalue weighted by Gasteiger charge is 2.57. The fraction of sp³-hybridized carbons (Fsp3) is 0.667. The van der Waals surface area contributed by atoms with E-state index in [1.54, 1.807) is 0 Å². The molecule has 0 radical (unpaired) electrons. The maximum atomic E-state index is 12.7. The van der Waals surface area contributed by atoms with E-state index in [1.807, 2.05) is 12.2 Å². The van der Waals surface area contributed by atoms with E-state index in [2.05, 4.69) is 12.2 Å². The molecular formula is C18H24N2O2+2. The first kappa shape index (κ1) is 14.0. The van der Waals surface area contributed by atoms with Crippen LogP contribution in [0.4, 0.5) is 0 Å². The van der Waals surface area contributed by atoms with Gasteiger partial charge in [0.05, 0.1) is 0 Å². The number of allylic oxidation sites excluding steroid dienone is 3. The first-order chi connectivity index (χ1) is 10.8. The number of rotatable bonds is 1. The molecule has 0 N–H and O–H groups in total. The van der Waals surface area contributed by atoms with Gasteiger partial charge >= 0.3 is 0 Å².